The number of benzene rings is 2. The van der Waals surface area contributed by atoms with Crippen LogP contribution in [0.2, 0.25) is 0 Å². The van der Waals surface area contributed by atoms with E-state index in [9.17, 15) is 9.59 Å². The number of amides is 2. The van der Waals surface area contributed by atoms with Crippen molar-refractivity contribution in [3.05, 3.63) is 65.2 Å². The highest BCUT2D eigenvalue weighted by molar-refractivity contribution is 6.09. The summed E-state index contributed by atoms with van der Waals surface area (Å²) in [6.07, 6.45) is 10.8. The Hall–Kier alpha value is -2.66. The maximum absolute atomic E-state index is 12.9. The normalized spacial score (nSPS) is 18.0. The summed E-state index contributed by atoms with van der Waals surface area (Å²) in [4.78, 5) is 28.2. The molecule has 2 amide bonds. The second-order valence-corrected chi connectivity index (χ2v) is 9.20. The molecule has 2 aromatic carbocycles. The molecule has 5 heteroatoms. The lowest BCUT2D eigenvalue weighted by molar-refractivity contribution is 0.0928. The second kappa shape index (κ2) is 11.3. The van der Waals surface area contributed by atoms with Crippen molar-refractivity contribution in [3.8, 4) is 0 Å². The summed E-state index contributed by atoms with van der Waals surface area (Å²) in [6, 6.07) is 15.3. The third-order valence-corrected chi connectivity index (χ3v) is 6.68. The summed E-state index contributed by atoms with van der Waals surface area (Å²) >= 11 is 0. The molecule has 5 nitrogen and oxygen atoms in total. The average Bonchev–Trinajstić information content (AvgIpc) is 3.09. The summed E-state index contributed by atoms with van der Waals surface area (Å²) in [5.74, 6) is -0.301. The van der Waals surface area contributed by atoms with Crippen LogP contribution in [0.1, 0.15) is 84.1 Å². The zero-order chi connectivity index (χ0) is 22.2. The van der Waals surface area contributed by atoms with Crippen molar-refractivity contribution in [1.82, 2.24) is 10.2 Å². The maximum atomic E-state index is 12.9. The van der Waals surface area contributed by atoms with Gasteiger partial charge in [-0.15, -0.1) is 0 Å². The predicted molar refractivity (Wildman–Crippen MR) is 129 cm³/mol. The molecule has 0 aromatic heterocycles. The molecule has 0 unspecified atom stereocenters. The fourth-order valence-corrected chi connectivity index (χ4v) is 4.81. The molecule has 0 bridgehead atoms. The lowest BCUT2D eigenvalue weighted by atomic mass is 9.95. The van der Waals surface area contributed by atoms with Gasteiger partial charge in [0.05, 0.1) is 11.3 Å². The number of likely N-dealkylation sites (tertiary alicyclic amines) is 1. The number of carbonyl (C=O) groups is 2. The summed E-state index contributed by atoms with van der Waals surface area (Å²) in [6.45, 7) is 3.25. The van der Waals surface area contributed by atoms with E-state index in [1.54, 1.807) is 12.1 Å². The van der Waals surface area contributed by atoms with Crippen molar-refractivity contribution < 1.29 is 9.59 Å². The Balaban J connectivity index is 1.37. The highest BCUT2D eigenvalue weighted by Crippen LogP contribution is 2.21. The molecule has 0 radical (unpaired) electrons. The van der Waals surface area contributed by atoms with Gasteiger partial charge in [-0.2, -0.15) is 0 Å². The molecule has 0 spiro atoms. The van der Waals surface area contributed by atoms with Crippen molar-refractivity contribution in [1.29, 1.82) is 0 Å². The fraction of sp³-hybridized carbons (Fsp3) is 0.481. The largest absolute Gasteiger partial charge is 0.349 e. The Morgan fingerprint density at radius 3 is 2.16 bits per heavy atom. The van der Waals surface area contributed by atoms with Crippen LogP contribution in [-0.4, -0.2) is 35.8 Å². The van der Waals surface area contributed by atoms with Gasteiger partial charge in [0.25, 0.3) is 11.8 Å². The fourth-order valence-electron chi connectivity index (χ4n) is 4.81. The lowest BCUT2D eigenvalue weighted by Crippen LogP contribution is -2.36. The summed E-state index contributed by atoms with van der Waals surface area (Å²) in [5, 5.41) is 6.09. The minimum Gasteiger partial charge on any atom is -0.349 e. The third kappa shape index (κ3) is 6.19. The molecule has 170 valence electrons. The van der Waals surface area contributed by atoms with Crippen molar-refractivity contribution in [3.63, 3.8) is 0 Å². The number of nitrogens with one attached hydrogen (secondary N) is 2. The van der Waals surface area contributed by atoms with Crippen LogP contribution in [-0.2, 0) is 6.54 Å². The number of anilines is 1. The quantitative estimate of drug-likeness (QED) is 0.643. The van der Waals surface area contributed by atoms with Crippen LogP contribution in [0, 0.1) is 0 Å². The summed E-state index contributed by atoms with van der Waals surface area (Å²) in [7, 11) is 0. The molecule has 1 aliphatic heterocycles. The Morgan fingerprint density at radius 1 is 0.781 bits per heavy atom. The average molecular weight is 434 g/mol. The standard InChI is InChI=1S/C27H35N3O2/c31-26(22-16-14-21(15-17-22)20-30-18-8-1-2-9-19-30)29-25-13-7-6-12-24(25)27(32)28-23-10-4-3-5-11-23/h6-7,12-17,23H,1-5,8-11,18-20H2,(H,28,32)(H,29,31). The van der Waals surface area contributed by atoms with Crippen LogP contribution < -0.4 is 10.6 Å². The van der Waals surface area contributed by atoms with Crippen LogP contribution in [0.5, 0.6) is 0 Å². The molecule has 1 heterocycles. The maximum Gasteiger partial charge on any atom is 0.255 e. The van der Waals surface area contributed by atoms with E-state index >= 15 is 0 Å². The summed E-state index contributed by atoms with van der Waals surface area (Å²) < 4.78 is 0. The van der Waals surface area contributed by atoms with Crippen LogP contribution in [0.3, 0.4) is 0 Å². The topological polar surface area (TPSA) is 61.4 Å². The van der Waals surface area contributed by atoms with Crippen LogP contribution in [0.15, 0.2) is 48.5 Å². The van der Waals surface area contributed by atoms with Gasteiger partial charge < -0.3 is 10.6 Å². The molecular weight excluding hydrogens is 398 g/mol. The van der Waals surface area contributed by atoms with E-state index in [-0.39, 0.29) is 17.9 Å². The van der Waals surface area contributed by atoms with Crippen molar-refractivity contribution >= 4 is 17.5 Å². The van der Waals surface area contributed by atoms with E-state index in [1.807, 2.05) is 36.4 Å². The highest BCUT2D eigenvalue weighted by Gasteiger charge is 2.19. The number of rotatable bonds is 6. The number of para-hydroxylation sites is 1. The van der Waals surface area contributed by atoms with Gasteiger partial charge in [-0.25, -0.2) is 0 Å². The van der Waals surface area contributed by atoms with Crippen molar-refractivity contribution in [2.24, 2.45) is 0 Å². The molecule has 1 aliphatic carbocycles. The number of carbonyl (C=O) groups excluding carboxylic acids is 2. The molecule has 4 rings (SSSR count). The molecule has 0 atom stereocenters. The molecule has 1 saturated heterocycles. The van der Waals surface area contributed by atoms with Gasteiger partial charge in [0.15, 0.2) is 0 Å². The zero-order valence-electron chi connectivity index (χ0n) is 18.9. The Labute approximate surface area is 191 Å². The highest BCUT2D eigenvalue weighted by atomic mass is 16.2. The van der Waals surface area contributed by atoms with E-state index < -0.39 is 0 Å². The van der Waals surface area contributed by atoms with Crippen molar-refractivity contribution in [2.45, 2.75) is 70.4 Å². The minimum absolute atomic E-state index is 0.111. The molecule has 1 saturated carbocycles. The molecular formula is C27H35N3O2. The van der Waals surface area contributed by atoms with Gasteiger partial charge in [-0.05, 0) is 68.6 Å². The SMILES string of the molecule is O=C(Nc1ccccc1C(=O)NC1CCCCC1)c1ccc(CN2CCCCCC2)cc1. The van der Waals surface area contributed by atoms with E-state index in [1.165, 1.54) is 37.7 Å². The van der Waals surface area contributed by atoms with Crippen LogP contribution >= 0.6 is 0 Å². The van der Waals surface area contributed by atoms with Gasteiger partial charge >= 0.3 is 0 Å². The van der Waals surface area contributed by atoms with Gasteiger partial charge in [-0.1, -0.05) is 56.4 Å². The molecule has 32 heavy (non-hydrogen) atoms. The first-order valence-corrected chi connectivity index (χ1v) is 12.2. The number of hydrogen-bond acceptors (Lipinski definition) is 3. The van der Waals surface area contributed by atoms with E-state index in [4.69, 9.17) is 0 Å². The Kier molecular flexibility index (Phi) is 7.94. The zero-order valence-corrected chi connectivity index (χ0v) is 18.9. The minimum atomic E-state index is -0.191. The van der Waals surface area contributed by atoms with Gasteiger partial charge in [0.1, 0.15) is 0 Å². The van der Waals surface area contributed by atoms with Crippen molar-refractivity contribution in [2.75, 3.05) is 18.4 Å². The first-order valence-electron chi connectivity index (χ1n) is 12.2. The van der Waals surface area contributed by atoms with E-state index in [0.29, 0.717) is 16.8 Å². The Morgan fingerprint density at radius 2 is 1.44 bits per heavy atom. The molecule has 2 fully saturated rings. The van der Waals surface area contributed by atoms with E-state index in [2.05, 4.69) is 15.5 Å². The first-order chi connectivity index (χ1) is 15.7. The first kappa shape index (κ1) is 22.5. The van der Waals surface area contributed by atoms with Crippen LogP contribution in [0.25, 0.3) is 0 Å². The second-order valence-electron chi connectivity index (χ2n) is 9.20. The third-order valence-electron chi connectivity index (χ3n) is 6.68. The Bertz CT molecular complexity index is 895. The molecule has 2 aromatic rings. The van der Waals surface area contributed by atoms with E-state index in [0.717, 1.165) is 45.3 Å². The lowest BCUT2D eigenvalue weighted by Gasteiger charge is -2.23. The predicted octanol–water partition coefficient (Wildman–Crippen LogP) is 5.38. The molecule has 2 aliphatic rings. The summed E-state index contributed by atoms with van der Waals surface area (Å²) in [5.41, 5.74) is 2.91. The number of nitrogens with zero attached hydrogens (tertiary/aromatic N) is 1. The van der Waals surface area contributed by atoms with Gasteiger partial charge in [0.2, 0.25) is 0 Å². The molecule has 2 N–H and O–H groups in total. The van der Waals surface area contributed by atoms with Gasteiger partial charge in [-0.3, -0.25) is 14.5 Å². The van der Waals surface area contributed by atoms with Crippen LogP contribution in [0.4, 0.5) is 5.69 Å². The smallest absolute Gasteiger partial charge is 0.255 e. The monoisotopic (exact) mass is 433 g/mol. The number of hydrogen-bond donors (Lipinski definition) is 2. The van der Waals surface area contributed by atoms with Gasteiger partial charge in [0, 0.05) is 18.2 Å².